The average Bonchev–Trinajstić information content (AvgIpc) is 3.24. The molecule has 0 saturated carbocycles. The van der Waals surface area contributed by atoms with E-state index in [1.807, 2.05) is 59.5 Å². The van der Waals surface area contributed by atoms with Gasteiger partial charge in [0.05, 0.1) is 25.0 Å². The standard InChI is InChI=1S/C20H21N5O2/c1-27-19-10-6-5-9-16(19)18-13-21-11-12-24(18)20(26)17-14-25(23-22-17)15-7-3-2-4-8-15/h2-10,14,18,21H,11-13H2,1H3. The summed E-state index contributed by atoms with van der Waals surface area (Å²) in [5.74, 6) is 0.645. The molecule has 1 amide bonds. The average molecular weight is 363 g/mol. The van der Waals surface area contributed by atoms with E-state index < -0.39 is 0 Å². The van der Waals surface area contributed by atoms with E-state index in [0.717, 1.165) is 23.5 Å². The molecule has 0 spiro atoms. The maximum absolute atomic E-state index is 13.2. The van der Waals surface area contributed by atoms with Crippen molar-refractivity contribution < 1.29 is 9.53 Å². The molecular weight excluding hydrogens is 342 g/mol. The minimum absolute atomic E-state index is 0.121. The number of carbonyl (C=O) groups excluding carboxylic acids is 1. The minimum Gasteiger partial charge on any atom is -0.496 e. The Hall–Kier alpha value is -3.19. The molecule has 1 atom stereocenters. The first-order chi connectivity index (χ1) is 13.3. The zero-order valence-electron chi connectivity index (χ0n) is 15.1. The van der Waals surface area contributed by atoms with Crippen LogP contribution in [0.1, 0.15) is 22.1 Å². The Kier molecular flexibility index (Phi) is 4.84. The highest BCUT2D eigenvalue weighted by molar-refractivity contribution is 5.92. The van der Waals surface area contributed by atoms with E-state index in [0.29, 0.717) is 18.8 Å². The lowest BCUT2D eigenvalue weighted by atomic mass is 10.0. The smallest absolute Gasteiger partial charge is 0.276 e. The van der Waals surface area contributed by atoms with E-state index in [1.165, 1.54) is 0 Å². The summed E-state index contributed by atoms with van der Waals surface area (Å²) in [7, 11) is 1.65. The van der Waals surface area contributed by atoms with Crippen LogP contribution in [0.3, 0.4) is 0 Å². The number of rotatable bonds is 4. The number of methoxy groups -OCH3 is 1. The van der Waals surface area contributed by atoms with Crippen molar-refractivity contribution in [1.82, 2.24) is 25.2 Å². The van der Waals surface area contributed by atoms with Gasteiger partial charge in [0.25, 0.3) is 5.91 Å². The van der Waals surface area contributed by atoms with Crippen molar-refractivity contribution in [3.63, 3.8) is 0 Å². The minimum atomic E-state index is -0.130. The Bertz CT molecular complexity index is 925. The summed E-state index contributed by atoms with van der Waals surface area (Å²) in [5, 5.41) is 11.6. The van der Waals surface area contributed by atoms with Gasteiger partial charge in [0.15, 0.2) is 5.69 Å². The lowest BCUT2D eigenvalue weighted by molar-refractivity contribution is 0.0625. The third-order valence-corrected chi connectivity index (χ3v) is 4.74. The van der Waals surface area contributed by atoms with Crippen LogP contribution >= 0.6 is 0 Å². The molecule has 2 aromatic carbocycles. The third-order valence-electron chi connectivity index (χ3n) is 4.74. The molecule has 4 rings (SSSR count). The lowest BCUT2D eigenvalue weighted by Gasteiger charge is -2.36. The summed E-state index contributed by atoms with van der Waals surface area (Å²) < 4.78 is 7.12. The highest BCUT2D eigenvalue weighted by Crippen LogP contribution is 2.30. The van der Waals surface area contributed by atoms with Crippen molar-refractivity contribution in [2.45, 2.75) is 6.04 Å². The first-order valence-electron chi connectivity index (χ1n) is 8.90. The fourth-order valence-corrected chi connectivity index (χ4v) is 3.38. The second kappa shape index (κ2) is 7.59. The van der Waals surface area contributed by atoms with Gasteiger partial charge in [0.1, 0.15) is 5.75 Å². The van der Waals surface area contributed by atoms with E-state index in [-0.39, 0.29) is 11.9 Å². The van der Waals surface area contributed by atoms with E-state index in [2.05, 4.69) is 15.6 Å². The molecule has 1 unspecified atom stereocenters. The molecule has 0 aliphatic carbocycles. The molecule has 27 heavy (non-hydrogen) atoms. The van der Waals surface area contributed by atoms with E-state index in [1.54, 1.807) is 18.0 Å². The largest absolute Gasteiger partial charge is 0.496 e. The van der Waals surface area contributed by atoms with Crippen molar-refractivity contribution in [2.24, 2.45) is 0 Å². The maximum atomic E-state index is 13.2. The van der Waals surface area contributed by atoms with Crippen molar-refractivity contribution in [2.75, 3.05) is 26.7 Å². The molecule has 1 aromatic heterocycles. The van der Waals surface area contributed by atoms with Gasteiger partial charge in [0, 0.05) is 25.2 Å². The number of ether oxygens (including phenoxy) is 1. The van der Waals surface area contributed by atoms with Gasteiger partial charge in [-0.2, -0.15) is 0 Å². The number of amides is 1. The van der Waals surface area contributed by atoms with Gasteiger partial charge >= 0.3 is 0 Å². The van der Waals surface area contributed by atoms with E-state index in [9.17, 15) is 4.79 Å². The van der Waals surface area contributed by atoms with Crippen LogP contribution in [-0.2, 0) is 0 Å². The first kappa shape index (κ1) is 17.2. The Labute approximate surface area is 157 Å². The lowest BCUT2D eigenvalue weighted by Crippen LogP contribution is -2.48. The Morgan fingerprint density at radius 1 is 1.15 bits per heavy atom. The summed E-state index contributed by atoms with van der Waals surface area (Å²) in [5.41, 5.74) is 2.18. The molecule has 0 radical (unpaired) electrons. The number of benzene rings is 2. The summed E-state index contributed by atoms with van der Waals surface area (Å²) >= 11 is 0. The van der Waals surface area contributed by atoms with E-state index in [4.69, 9.17) is 4.74 Å². The van der Waals surface area contributed by atoms with Crippen LogP contribution in [0.5, 0.6) is 5.75 Å². The van der Waals surface area contributed by atoms with Gasteiger partial charge < -0.3 is 15.0 Å². The maximum Gasteiger partial charge on any atom is 0.276 e. The van der Waals surface area contributed by atoms with Crippen LogP contribution in [0.2, 0.25) is 0 Å². The second-order valence-electron chi connectivity index (χ2n) is 6.34. The molecule has 2 heterocycles. The van der Waals surface area contributed by atoms with Gasteiger partial charge in [-0.15, -0.1) is 5.10 Å². The van der Waals surface area contributed by atoms with Gasteiger partial charge in [0.2, 0.25) is 0 Å². The summed E-state index contributed by atoms with van der Waals surface area (Å²) in [6.07, 6.45) is 1.68. The fourth-order valence-electron chi connectivity index (χ4n) is 3.38. The molecular formula is C20H21N5O2. The fraction of sp³-hybridized carbons (Fsp3) is 0.250. The van der Waals surface area contributed by atoms with Gasteiger partial charge in [-0.3, -0.25) is 4.79 Å². The zero-order valence-corrected chi connectivity index (χ0v) is 15.1. The molecule has 1 saturated heterocycles. The highest BCUT2D eigenvalue weighted by atomic mass is 16.5. The molecule has 1 aliphatic rings. The van der Waals surface area contributed by atoms with Crippen molar-refractivity contribution in [1.29, 1.82) is 0 Å². The highest BCUT2D eigenvalue weighted by Gasteiger charge is 2.31. The van der Waals surface area contributed by atoms with Crippen LogP contribution in [0, 0.1) is 0 Å². The molecule has 0 bridgehead atoms. The van der Waals surface area contributed by atoms with Gasteiger partial charge in [-0.1, -0.05) is 41.6 Å². The van der Waals surface area contributed by atoms with Gasteiger partial charge in [-0.05, 0) is 18.2 Å². The monoisotopic (exact) mass is 363 g/mol. The molecule has 7 nitrogen and oxygen atoms in total. The topological polar surface area (TPSA) is 72.3 Å². The van der Waals surface area contributed by atoms with Crippen LogP contribution < -0.4 is 10.1 Å². The quantitative estimate of drug-likeness (QED) is 0.768. The molecule has 1 fully saturated rings. The Morgan fingerprint density at radius 2 is 1.93 bits per heavy atom. The number of carbonyl (C=O) groups is 1. The molecule has 1 aliphatic heterocycles. The predicted octanol–water partition coefficient (Wildman–Crippen LogP) is 2.06. The molecule has 7 heteroatoms. The zero-order chi connectivity index (χ0) is 18.6. The van der Waals surface area contributed by atoms with Crippen LogP contribution in [0.25, 0.3) is 5.69 Å². The van der Waals surface area contributed by atoms with Crippen molar-refractivity contribution >= 4 is 5.91 Å². The van der Waals surface area contributed by atoms with Crippen LogP contribution in [0.4, 0.5) is 0 Å². The van der Waals surface area contributed by atoms with Crippen molar-refractivity contribution in [3.8, 4) is 11.4 Å². The van der Waals surface area contributed by atoms with Gasteiger partial charge in [-0.25, -0.2) is 4.68 Å². The number of nitrogens with zero attached hydrogens (tertiary/aromatic N) is 4. The van der Waals surface area contributed by atoms with E-state index >= 15 is 0 Å². The van der Waals surface area contributed by atoms with Crippen molar-refractivity contribution in [3.05, 3.63) is 72.1 Å². The van der Waals surface area contributed by atoms with Crippen LogP contribution in [0.15, 0.2) is 60.8 Å². The molecule has 3 aromatic rings. The number of nitrogens with one attached hydrogen (secondary N) is 1. The summed E-state index contributed by atoms with van der Waals surface area (Å²) in [4.78, 5) is 15.0. The second-order valence-corrected chi connectivity index (χ2v) is 6.34. The first-order valence-corrected chi connectivity index (χ1v) is 8.90. The predicted molar refractivity (Wildman–Crippen MR) is 101 cm³/mol. The number of hydrogen-bond donors (Lipinski definition) is 1. The third kappa shape index (κ3) is 3.41. The summed E-state index contributed by atoms with van der Waals surface area (Å²) in [6.45, 7) is 2.00. The Balaban J connectivity index is 1.63. The number of piperazine rings is 1. The molecule has 138 valence electrons. The number of para-hydroxylation sites is 2. The normalized spacial score (nSPS) is 16.9. The molecule has 1 N–H and O–H groups in total. The SMILES string of the molecule is COc1ccccc1C1CNCCN1C(=O)c1cn(-c2ccccc2)nn1. The summed E-state index contributed by atoms with van der Waals surface area (Å²) in [6, 6.07) is 17.3. The number of hydrogen-bond acceptors (Lipinski definition) is 5. The Morgan fingerprint density at radius 3 is 2.74 bits per heavy atom. The number of aromatic nitrogens is 3. The van der Waals surface area contributed by atoms with Crippen LogP contribution in [-0.4, -0.2) is 52.5 Å².